The Morgan fingerprint density at radius 3 is 2.52 bits per heavy atom. The van der Waals surface area contributed by atoms with Crippen molar-refractivity contribution < 1.29 is 4.79 Å². The van der Waals surface area contributed by atoms with E-state index in [2.05, 4.69) is 20.4 Å². The van der Waals surface area contributed by atoms with Gasteiger partial charge in [-0.3, -0.25) is 9.69 Å². The lowest BCUT2D eigenvalue weighted by Crippen LogP contribution is -2.41. The number of nitrogens with zero attached hydrogens (tertiary/aromatic N) is 5. The van der Waals surface area contributed by atoms with Gasteiger partial charge in [0.05, 0.1) is 12.1 Å². The summed E-state index contributed by atoms with van der Waals surface area (Å²) in [7, 11) is 0. The summed E-state index contributed by atoms with van der Waals surface area (Å²) in [6.07, 6.45) is 6.14. The van der Waals surface area contributed by atoms with Gasteiger partial charge in [-0.15, -0.1) is 5.10 Å². The SMILES string of the molecule is NC(=O)C1CCN(C(c2ccccc2Cl)c2nnnn2C2CCCC2)CC1. The maximum Gasteiger partial charge on any atom is 0.220 e. The average molecular weight is 389 g/mol. The molecule has 2 heterocycles. The van der Waals surface area contributed by atoms with Crippen molar-refractivity contribution in [2.75, 3.05) is 13.1 Å². The van der Waals surface area contributed by atoms with Crippen molar-refractivity contribution in [2.24, 2.45) is 11.7 Å². The van der Waals surface area contributed by atoms with Crippen LogP contribution in [0.15, 0.2) is 24.3 Å². The highest BCUT2D eigenvalue weighted by Crippen LogP contribution is 2.37. The van der Waals surface area contributed by atoms with E-state index in [1.54, 1.807) is 0 Å². The van der Waals surface area contributed by atoms with E-state index in [0.29, 0.717) is 11.1 Å². The fraction of sp³-hybridized carbons (Fsp3) is 0.579. The van der Waals surface area contributed by atoms with Crippen LogP contribution in [0.2, 0.25) is 5.02 Å². The largest absolute Gasteiger partial charge is 0.369 e. The van der Waals surface area contributed by atoms with Gasteiger partial charge in [-0.25, -0.2) is 4.68 Å². The second-order valence-electron chi connectivity index (χ2n) is 7.56. The number of rotatable bonds is 5. The summed E-state index contributed by atoms with van der Waals surface area (Å²) in [5.41, 5.74) is 6.52. The lowest BCUT2D eigenvalue weighted by molar-refractivity contribution is -0.123. The highest BCUT2D eigenvalue weighted by molar-refractivity contribution is 6.31. The van der Waals surface area contributed by atoms with Crippen molar-refractivity contribution in [3.05, 3.63) is 40.7 Å². The van der Waals surface area contributed by atoms with Crippen LogP contribution in [0.3, 0.4) is 0 Å². The predicted molar refractivity (Wildman–Crippen MR) is 102 cm³/mol. The van der Waals surface area contributed by atoms with E-state index in [4.69, 9.17) is 17.3 Å². The number of primary amides is 1. The number of likely N-dealkylation sites (tertiary alicyclic amines) is 1. The zero-order valence-electron chi connectivity index (χ0n) is 15.3. The van der Waals surface area contributed by atoms with Crippen LogP contribution in [0.1, 0.15) is 62.0 Å². The van der Waals surface area contributed by atoms with Gasteiger partial charge in [-0.1, -0.05) is 42.6 Å². The van der Waals surface area contributed by atoms with Gasteiger partial charge in [0.15, 0.2) is 5.82 Å². The van der Waals surface area contributed by atoms with Crippen LogP contribution < -0.4 is 5.73 Å². The van der Waals surface area contributed by atoms with Crippen LogP contribution in [0.5, 0.6) is 0 Å². The summed E-state index contributed by atoms with van der Waals surface area (Å²) in [6, 6.07) is 8.10. The fourth-order valence-corrected chi connectivity index (χ4v) is 4.67. The van der Waals surface area contributed by atoms with E-state index in [1.807, 2.05) is 28.9 Å². The van der Waals surface area contributed by atoms with Crippen molar-refractivity contribution in [1.82, 2.24) is 25.1 Å². The number of tetrazole rings is 1. The number of hydrogen-bond acceptors (Lipinski definition) is 5. The monoisotopic (exact) mass is 388 g/mol. The molecule has 1 aromatic heterocycles. The molecule has 144 valence electrons. The molecule has 7 nitrogen and oxygen atoms in total. The van der Waals surface area contributed by atoms with E-state index in [0.717, 1.165) is 50.2 Å². The van der Waals surface area contributed by atoms with Crippen LogP contribution in [0.25, 0.3) is 0 Å². The van der Waals surface area contributed by atoms with E-state index < -0.39 is 0 Å². The molecule has 2 N–H and O–H groups in total. The van der Waals surface area contributed by atoms with Gasteiger partial charge in [0.2, 0.25) is 5.91 Å². The summed E-state index contributed by atoms with van der Waals surface area (Å²) in [5.74, 6) is 0.575. The van der Waals surface area contributed by atoms with Gasteiger partial charge in [0.25, 0.3) is 0 Å². The maximum atomic E-state index is 11.6. The third-order valence-corrected chi connectivity index (χ3v) is 6.27. The molecule has 2 aliphatic rings. The molecule has 2 fully saturated rings. The summed E-state index contributed by atoms with van der Waals surface area (Å²) >= 11 is 6.57. The zero-order valence-corrected chi connectivity index (χ0v) is 16.1. The first-order valence-electron chi connectivity index (χ1n) is 9.70. The Morgan fingerprint density at radius 2 is 1.85 bits per heavy atom. The smallest absolute Gasteiger partial charge is 0.220 e. The highest BCUT2D eigenvalue weighted by atomic mass is 35.5. The Kier molecular flexibility index (Phi) is 5.41. The average Bonchev–Trinajstić information content (AvgIpc) is 3.35. The van der Waals surface area contributed by atoms with Gasteiger partial charge in [0, 0.05) is 10.9 Å². The van der Waals surface area contributed by atoms with Crippen LogP contribution in [-0.4, -0.2) is 44.1 Å². The molecule has 1 aliphatic heterocycles. The van der Waals surface area contributed by atoms with Crippen molar-refractivity contribution in [3.63, 3.8) is 0 Å². The van der Waals surface area contributed by atoms with Gasteiger partial charge >= 0.3 is 0 Å². The number of amides is 1. The number of nitrogens with two attached hydrogens (primary N) is 1. The standard InChI is InChI=1S/C19H25ClN6O/c20-16-8-4-3-7-15(16)17(25-11-9-13(10-12-25)18(21)27)19-22-23-24-26(19)14-5-1-2-6-14/h3-4,7-8,13-14,17H,1-2,5-6,9-12H2,(H2,21,27). The Bertz CT molecular complexity index is 795. The first kappa shape index (κ1) is 18.4. The van der Waals surface area contributed by atoms with E-state index >= 15 is 0 Å². The molecular formula is C19H25ClN6O. The quantitative estimate of drug-likeness (QED) is 0.850. The second kappa shape index (κ2) is 7.94. The number of carbonyl (C=O) groups is 1. The number of benzene rings is 1. The molecule has 2 aromatic rings. The summed E-state index contributed by atoms with van der Waals surface area (Å²) in [6.45, 7) is 1.53. The Labute approximate surface area is 163 Å². The summed E-state index contributed by atoms with van der Waals surface area (Å²) in [5, 5.41) is 13.5. The molecule has 27 heavy (non-hydrogen) atoms. The molecule has 1 saturated carbocycles. The summed E-state index contributed by atoms with van der Waals surface area (Å²) < 4.78 is 2.00. The van der Waals surface area contributed by atoms with Crippen LogP contribution >= 0.6 is 11.6 Å². The Morgan fingerprint density at radius 1 is 1.15 bits per heavy atom. The normalized spacial score (nSPS) is 20.8. The van der Waals surface area contributed by atoms with Crippen LogP contribution in [0, 0.1) is 5.92 Å². The number of aromatic nitrogens is 4. The molecule has 1 atom stereocenters. The molecule has 1 saturated heterocycles. The van der Waals surface area contributed by atoms with Crippen LogP contribution in [0.4, 0.5) is 0 Å². The number of hydrogen-bond donors (Lipinski definition) is 1. The second-order valence-corrected chi connectivity index (χ2v) is 7.96. The van der Waals surface area contributed by atoms with Gasteiger partial charge in [-0.05, 0) is 60.8 Å². The number of carbonyl (C=O) groups excluding carboxylic acids is 1. The topological polar surface area (TPSA) is 89.9 Å². The zero-order chi connectivity index (χ0) is 18.8. The first-order valence-corrected chi connectivity index (χ1v) is 10.1. The lowest BCUT2D eigenvalue weighted by Gasteiger charge is -2.37. The Balaban J connectivity index is 1.69. The summed E-state index contributed by atoms with van der Waals surface area (Å²) in [4.78, 5) is 13.9. The number of piperidine rings is 1. The van der Waals surface area contributed by atoms with Crippen molar-refractivity contribution in [2.45, 2.75) is 50.6 Å². The minimum absolute atomic E-state index is 0.0565. The molecule has 1 unspecified atom stereocenters. The highest BCUT2D eigenvalue weighted by Gasteiger charge is 2.35. The molecular weight excluding hydrogens is 364 g/mol. The van der Waals surface area contributed by atoms with Crippen molar-refractivity contribution >= 4 is 17.5 Å². The van der Waals surface area contributed by atoms with Crippen molar-refractivity contribution in [3.8, 4) is 0 Å². The first-order chi connectivity index (χ1) is 13.1. The van der Waals surface area contributed by atoms with Crippen molar-refractivity contribution in [1.29, 1.82) is 0 Å². The third kappa shape index (κ3) is 3.71. The minimum Gasteiger partial charge on any atom is -0.369 e. The van der Waals surface area contributed by atoms with Gasteiger partial charge < -0.3 is 5.73 Å². The minimum atomic E-state index is -0.209. The van der Waals surface area contributed by atoms with Crippen LogP contribution in [-0.2, 0) is 4.79 Å². The molecule has 0 bridgehead atoms. The van der Waals surface area contributed by atoms with E-state index in [9.17, 15) is 4.79 Å². The maximum absolute atomic E-state index is 11.6. The molecule has 4 rings (SSSR count). The van der Waals surface area contributed by atoms with E-state index in [1.165, 1.54) is 12.8 Å². The molecule has 1 amide bonds. The molecule has 0 spiro atoms. The number of halogens is 1. The molecule has 1 aromatic carbocycles. The lowest BCUT2D eigenvalue weighted by atomic mass is 9.93. The fourth-order valence-electron chi connectivity index (χ4n) is 4.43. The van der Waals surface area contributed by atoms with E-state index in [-0.39, 0.29) is 17.9 Å². The molecule has 0 radical (unpaired) electrons. The Hall–Kier alpha value is -1.99. The van der Waals surface area contributed by atoms with Gasteiger partial charge in [-0.2, -0.15) is 0 Å². The predicted octanol–water partition coefficient (Wildman–Crippen LogP) is 2.73. The molecule has 1 aliphatic carbocycles. The third-order valence-electron chi connectivity index (χ3n) is 5.93. The molecule has 8 heteroatoms. The van der Waals surface area contributed by atoms with Gasteiger partial charge in [0.1, 0.15) is 0 Å².